The molecular formula is C41H42F2N6O5. The van der Waals surface area contributed by atoms with E-state index in [4.69, 9.17) is 0 Å². The van der Waals surface area contributed by atoms with Gasteiger partial charge in [-0.3, -0.25) is 34.3 Å². The lowest BCUT2D eigenvalue weighted by Crippen LogP contribution is -2.52. The maximum absolute atomic E-state index is 15.3. The van der Waals surface area contributed by atoms with Crippen LogP contribution in [0.4, 0.5) is 14.5 Å². The molecule has 1 aromatic heterocycles. The van der Waals surface area contributed by atoms with Crippen molar-refractivity contribution < 1.29 is 32.8 Å². The second-order valence-corrected chi connectivity index (χ2v) is 14.2. The molecule has 1 saturated carbocycles. The van der Waals surface area contributed by atoms with Crippen LogP contribution < -0.4 is 21.3 Å². The van der Waals surface area contributed by atoms with Crippen molar-refractivity contribution in [3.05, 3.63) is 94.2 Å². The number of imide groups is 1. The average molecular weight is 737 g/mol. The van der Waals surface area contributed by atoms with Gasteiger partial charge in [-0.15, -0.1) is 0 Å². The van der Waals surface area contributed by atoms with Crippen LogP contribution in [0.5, 0.6) is 0 Å². The van der Waals surface area contributed by atoms with Crippen LogP contribution in [0.3, 0.4) is 0 Å². The zero-order valence-electron chi connectivity index (χ0n) is 30.0. The number of rotatable bonds is 14. The van der Waals surface area contributed by atoms with Gasteiger partial charge in [-0.05, 0) is 79.5 Å². The largest absolute Gasteiger partial charge is 0.387 e. The molecule has 5 amide bonds. The number of nitrogens with zero attached hydrogens (tertiary/aromatic N) is 2. The van der Waals surface area contributed by atoms with Crippen molar-refractivity contribution in [2.45, 2.75) is 82.8 Å². The standard InChI is InChI=1S/C41H42F2N6O5/c1-44-37-29-19-28(33(43)20-34(29)46-21-30(37)39(52)47-25-12-13-25)24-11-14-27(32(42)18-24)38(51)45-17-6-4-2-3-5-8-23-9-7-10-26-31(23)22-49(41(26)54)35-15-16-36(50)48-40(35)53/h7,9-11,14,18-21,25,35H,2-6,8,12-13,15-17,22H2,1H3,(H,44,46)(H,45,51)(H,47,52)(H,48,50,53). The molecule has 7 rings (SSSR count). The lowest BCUT2D eigenvalue weighted by Gasteiger charge is -2.29. The van der Waals surface area contributed by atoms with Gasteiger partial charge in [0.25, 0.3) is 17.7 Å². The first kappa shape index (κ1) is 36.6. The number of aryl methyl sites for hydroxylation is 1. The molecular weight excluding hydrogens is 694 g/mol. The summed E-state index contributed by atoms with van der Waals surface area (Å²) in [7, 11) is 1.67. The van der Waals surface area contributed by atoms with Crippen LogP contribution in [0.2, 0.25) is 0 Å². The van der Waals surface area contributed by atoms with Gasteiger partial charge >= 0.3 is 0 Å². The zero-order valence-corrected chi connectivity index (χ0v) is 30.0. The third-order valence-corrected chi connectivity index (χ3v) is 10.5. The monoisotopic (exact) mass is 736 g/mol. The fourth-order valence-electron chi connectivity index (χ4n) is 7.39. The molecule has 11 nitrogen and oxygen atoms in total. The Kier molecular flexibility index (Phi) is 10.7. The van der Waals surface area contributed by atoms with E-state index in [2.05, 4.69) is 26.3 Å². The van der Waals surface area contributed by atoms with Gasteiger partial charge in [-0.25, -0.2) is 8.78 Å². The maximum atomic E-state index is 15.3. The van der Waals surface area contributed by atoms with E-state index in [-0.39, 0.29) is 46.9 Å². The van der Waals surface area contributed by atoms with E-state index in [1.807, 2.05) is 12.1 Å². The summed E-state index contributed by atoms with van der Waals surface area (Å²) >= 11 is 0. The van der Waals surface area contributed by atoms with Crippen LogP contribution in [0, 0.1) is 11.6 Å². The lowest BCUT2D eigenvalue weighted by atomic mass is 9.98. The lowest BCUT2D eigenvalue weighted by molar-refractivity contribution is -0.136. The van der Waals surface area contributed by atoms with Crippen molar-refractivity contribution >= 4 is 46.1 Å². The number of carbonyl (C=O) groups excluding carboxylic acids is 5. The molecule has 280 valence electrons. The number of fused-ring (bicyclic) bond motifs is 2. The summed E-state index contributed by atoms with van der Waals surface area (Å²) in [6, 6.07) is 12.0. The molecule has 0 spiro atoms. The molecule has 0 bridgehead atoms. The summed E-state index contributed by atoms with van der Waals surface area (Å²) in [6.07, 6.45) is 8.99. The second kappa shape index (κ2) is 15.7. The smallest absolute Gasteiger partial charge is 0.255 e. The number of pyridine rings is 1. The minimum Gasteiger partial charge on any atom is -0.387 e. The van der Waals surface area contributed by atoms with Gasteiger partial charge in [0, 0.05) is 61.4 Å². The van der Waals surface area contributed by atoms with Crippen molar-refractivity contribution in [1.82, 2.24) is 25.8 Å². The van der Waals surface area contributed by atoms with E-state index in [0.717, 1.165) is 62.1 Å². The summed E-state index contributed by atoms with van der Waals surface area (Å²) in [5.74, 6) is -3.11. The van der Waals surface area contributed by atoms with Crippen LogP contribution in [0.15, 0.2) is 54.7 Å². The Bertz CT molecular complexity index is 2170. The summed E-state index contributed by atoms with van der Waals surface area (Å²) < 4.78 is 30.5. The van der Waals surface area contributed by atoms with Crippen molar-refractivity contribution in [1.29, 1.82) is 0 Å². The van der Waals surface area contributed by atoms with Crippen LogP contribution in [-0.2, 0) is 22.6 Å². The summed E-state index contributed by atoms with van der Waals surface area (Å²) in [4.78, 5) is 68.6. The number of benzene rings is 3. The highest BCUT2D eigenvalue weighted by molar-refractivity contribution is 6.08. The first-order valence-electron chi connectivity index (χ1n) is 18.6. The minimum absolute atomic E-state index is 0.116. The Hall–Kier alpha value is -5.72. The molecule has 2 fully saturated rings. The molecule has 4 aromatic rings. The topological polar surface area (TPSA) is 150 Å². The predicted molar refractivity (Wildman–Crippen MR) is 199 cm³/mol. The molecule has 1 aliphatic carbocycles. The van der Waals surface area contributed by atoms with Crippen molar-refractivity contribution in [2.75, 3.05) is 18.9 Å². The van der Waals surface area contributed by atoms with Crippen LogP contribution in [0.25, 0.3) is 22.0 Å². The summed E-state index contributed by atoms with van der Waals surface area (Å²) in [5.41, 5.74) is 4.05. The number of aromatic nitrogens is 1. The quantitative estimate of drug-likeness (QED) is 0.0945. The molecule has 2 aliphatic heterocycles. The second-order valence-electron chi connectivity index (χ2n) is 14.2. The number of nitrogens with one attached hydrogen (secondary N) is 4. The summed E-state index contributed by atoms with van der Waals surface area (Å²) in [6.45, 7) is 0.734. The van der Waals surface area contributed by atoms with Crippen LogP contribution in [0.1, 0.15) is 100.0 Å². The molecule has 4 N–H and O–H groups in total. The van der Waals surface area contributed by atoms with E-state index in [1.165, 1.54) is 30.5 Å². The molecule has 13 heteroatoms. The van der Waals surface area contributed by atoms with Crippen LogP contribution >= 0.6 is 0 Å². The number of piperidine rings is 1. The van der Waals surface area contributed by atoms with Gasteiger partial charge in [0.2, 0.25) is 11.8 Å². The fourth-order valence-corrected chi connectivity index (χ4v) is 7.39. The van der Waals surface area contributed by atoms with E-state index in [1.54, 1.807) is 18.0 Å². The van der Waals surface area contributed by atoms with Crippen molar-refractivity contribution in [3.63, 3.8) is 0 Å². The summed E-state index contributed by atoms with van der Waals surface area (Å²) in [5, 5.41) is 11.6. The molecule has 1 atom stereocenters. The number of unbranched alkanes of at least 4 members (excludes halogenated alkanes) is 4. The van der Waals surface area contributed by atoms with Gasteiger partial charge in [-0.2, -0.15) is 0 Å². The third kappa shape index (κ3) is 7.66. The Balaban J connectivity index is 0.883. The Morgan fingerprint density at radius 2 is 1.69 bits per heavy atom. The first-order valence-corrected chi connectivity index (χ1v) is 18.6. The number of carbonyl (C=O) groups is 5. The van der Waals surface area contributed by atoms with Crippen LogP contribution in [-0.4, -0.2) is 65.1 Å². The zero-order chi connectivity index (χ0) is 37.9. The highest BCUT2D eigenvalue weighted by atomic mass is 19.1. The normalized spacial score (nSPS) is 16.7. The molecule has 3 heterocycles. The molecule has 3 aliphatic rings. The molecule has 1 unspecified atom stereocenters. The maximum Gasteiger partial charge on any atom is 0.255 e. The average Bonchev–Trinajstić information content (AvgIpc) is 3.91. The van der Waals surface area contributed by atoms with Gasteiger partial charge in [0.05, 0.1) is 22.3 Å². The van der Waals surface area contributed by atoms with Gasteiger partial charge in [0.1, 0.15) is 17.7 Å². The minimum atomic E-state index is -0.775. The Morgan fingerprint density at radius 1 is 0.889 bits per heavy atom. The fraction of sp³-hybridized carbons (Fsp3) is 0.366. The van der Waals surface area contributed by atoms with E-state index in [0.29, 0.717) is 53.6 Å². The van der Waals surface area contributed by atoms with E-state index < -0.39 is 29.5 Å². The highest BCUT2D eigenvalue weighted by Gasteiger charge is 2.39. The van der Waals surface area contributed by atoms with E-state index in [9.17, 15) is 24.0 Å². The predicted octanol–water partition coefficient (Wildman–Crippen LogP) is 5.80. The molecule has 3 aromatic carbocycles. The number of halogens is 2. The third-order valence-electron chi connectivity index (χ3n) is 10.5. The Morgan fingerprint density at radius 3 is 2.44 bits per heavy atom. The molecule has 1 saturated heterocycles. The molecule has 0 radical (unpaired) electrons. The number of hydrogen-bond acceptors (Lipinski definition) is 7. The van der Waals surface area contributed by atoms with Gasteiger partial charge in [-0.1, -0.05) is 37.5 Å². The number of amides is 5. The highest BCUT2D eigenvalue weighted by Crippen LogP contribution is 2.34. The Labute approximate surface area is 311 Å². The SMILES string of the molecule is CNc1c(C(=O)NC2CC2)cnc2cc(F)c(-c3ccc(C(=O)NCCCCCCCc4cccc5c4CN(C4CCC(=O)NC4=O)C5=O)c(F)c3)cc12. The van der Waals surface area contributed by atoms with Gasteiger partial charge in [0.15, 0.2) is 0 Å². The first-order chi connectivity index (χ1) is 26.1. The molecule has 54 heavy (non-hydrogen) atoms. The van der Waals surface area contributed by atoms with Gasteiger partial charge < -0.3 is 20.9 Å². The van der Waals surface area contributed by atoms with E-state index >= 15 is 8.78 Å². The van der Waals surface area contributed by atoms with Crippen molar-refractivity contribution in [3.8, 4) is 11.1 Å². The number of hydrogen-bond donors (Lipinski definition) is 4. The van der Waals surface area contributed by atoms with Crippen molar-refractivity contribution in [2.24, 2.45) is 0 Å². The number of anilines is 1.